The van der Waals surface area contributed by atoms with E-state index in [1.54, 1.807) is 25.0 Å². The second-order valence-corrected chi connectivity index (χ2v) is 5.86. The smallest absolute Gasteiger partial charge is 0.212 e. The molecular formula is C17H24N6O2. The van der Waals surface area contributed by atoms with Gasteiger partial charge in [-0.25, -0.2) is 4.98 Å². The predicted molar refractivity (Wildman–Crippen MR) is 94.5 cm³/mol. The first-order chi connectivity index (χ1) is 12.2. The molecule has 0 amide bonds. The molecule has 0 aliphatic carbocycles. The summed E-state index contributed by atoms with van der Waals surface area (Å²) < 4.78 is 12.8. The van der Waals surface area contributed by atoms with Crippen LogP contribution in [0.3, 0.4) is 0 Å². The zero-order valence-corrected chi connectivity index (χ0v) is 14.8. The van der Waals surface area contributed by atoms with Crippen LogP contribution in [0.1, 0.15) is 17.2 Å². The SMILES string of the molecule is CN=C(NCc1ccc(OC)nc1)N1CCOC(c2cnn(C)c2)C1. The monoisotopic (exact) mass is 344 g/mol. The maximum Gasteiger partial charge on any atom is 0.212 e. The highest BCUT2D eigenvalue weighted by Crippen LogP contribution is 2.21. The predicted octanol–water partition coefficient (Wildman–Crippen LogP) is 0.973. The normalized spacial score (nSPS) is 18.3. The Bertz CT molecular complexity index is 712. The Kier molecular flexibility index (Phi) is 5.49. The molecule has 1 N–H and O–H groups in total. The van der Waals surface area contributed by atoms with Crippen molar-refractivity contribution >= 4 is 5.96 Å². The number of methoxy groups -OCH3 is 1. The van der Waals surface area contributed by atoms with E-state index < -0.39 is 0 Å². The van der Waals surface area contributed by atoms with E-state index in [1.165, 1.54) is 0 Å². The van der Waals surface area contributed by atoms with Gasteiger partial charge in [0, 0.05) is 51.2 Å². The fourth-order valence-corrected chi connectivity index (χ4v) is 2.80. The van der Waals surface area contributed by atoms with Crippen LogP contribution in [0.5, 0.6) is 5.88 Å². The quantitative estimate of drug-likeness (QED) is 0.658. The number of aryl methyl sites for hydroxylation is 1. The topological polar surface area (TPSA) is 76.8 Å². The molecule has 0 bridgehead atoms. The van der Waals surface area contributed by atoms with Crippen molar-refractivity contribution in [3.05, 3.63) is 41.9 Å². The maximum atomic E-state index is 5.89. The summed E-state index contributed by atoms with van der Waals surface area (Å²) in [6.45, 7) is 2.85. The van der Waals surface area contributed by atoms with Crippen LogP contribution < -0.4 is 10.1 Å². The van der Waals surface area contributed by atoms with E-state index in [4.69, 9.17) is 9.47 Å². The molecule has 8 heteroatoms. The minimum absolute atomic E-state index is 0.00338. The molecule has 0 saturated carbocycles. The van der Waals surface area contributed by atoms with Crippen molar-refractivity contribution in [2.75, 3.05) is 33.9 Å². The molecule has 1 saturated heterocycles. The number of hydrogen-bond donors (Lipinski definition) is 1. The molecule has 1 fully saturated rings. The van der Waals surface area contributed by atoms with Gasteiger partial charge in [-0.3, -0.25) is 9.67 Å². The van der Waals surface area contributed by atoms with Crippen LogP contribution in [0.25, 0.3) is 0 Å². The highest BCUT2D eigenvalue weighted by Gasteiger charge is 2.25. The summed E-state index contributed by atoms with van der Waals surface area (Å²) in [4.78, 5) is 10.8. The molecule has 25 heavy (non-hydrogen) atoms. The van der Waals surface area contributed by atoms with E-state index in [2.05, 4.69) is 25.3 Å². The van der Waals surface area contributed by atoms with Gasteiger partial charge in [0.05, 0.1) is 26.5 Å². The Morgan fingerprint density at radius 1 is 1.44 bits per heavy atom. The van der Waals surface area contributed by atoms with Crippen LogP contribution in [-0.2, 0) is 18.3 Å². The van der Waals surface area contributed by atoms with Crippen molar-refractivity contribution in [3.8, 4) is 5.88 Å². The zero-order valence-electron chi connectivity index (χ0n) is 14.8. The minimum Gasteiger partial charge on any atom is -0.481 e. The third-order valence-corrected chi connectivity index (χ3v) is 4.13. The second kappa shape index (κ2) is 7.98. The van der Waals surface area contributed by atoms with Crippen molar-refractivity contribution < 1.29 is 9.47 Å². The van der Waals surface area contributed by atoms with Gasteiger partial charge >= 0.3 is 0 Å². The van der Waals surface area contributed by atoms with Gasteiger partial charge in [0.1, 0.15) is 6.10 Å². The van der Waals surface area contributed by atoms with Crippen molar-refractivity contribution in [3.63, 3.8) is 0 Å². The number of aliphatic imine (C=N–C) groups is 1. The van der Waals surface area contributed by atoms with Gasteiger partial charge < -0.3 is 19.7 Å². The average molecular weight is 344 g/mol. The number of nitrogens with zero attached hydrogens (tertiary/aromatic N) is 5. The Balaban J connectivity index is 1.60. The van der Waals surface area contributed by atoms with E-state index in [0.717, 1.165) is 30.2 Å². The van der Waals surface area contributed by atoms with Crippen LogP contribution in [0.2, 0.25) is 0 Å². The Morgan fingerprint density at radius 3 is 2.96 bits per heavy atom. The molecule has 1 unspecified atom stereocenters. The fourth-order valence-electron chi connectivity index (χ4n) is 2.80. The lowest BCUT2D eigenvalue weighted by molar-refractivity contribution is -0.00805. The number of ether oxygens (including phenoxy) is 2. The summed E-state index contributed by atoms with van der Waals surface area (Å²) in [6.07, 6.45) is 5.65. The molecular weight excluding hydrogens is 320 g/mol. The fraction of sp³-hybridized carbons (Fsp3) is 0.471. The molecule has 134 valence electrons. The van der Waals surface area contributed by atoms with Crippen molar-refractivity contribution in [1.29, 1.82) is 0 Å². The van der Waals surface area contributed by atoms with E-state index in [1.807, 2.05) is 31.6 Å². The number of pyridine rings is 1. The average Bonchev–Trinajstić information content (AvgIpc) is 3.09. The lowest BCUT2D eigenvalue weighted by atomic mass is 10.1. The lowest BCUT2D eigenvalue weighted by Gasteiger charge is -2.34. The van der Waals surface area contributed by atoms with Crippen LogP contribution >= 0.6 is 0 Å². The van der Waals surface area contributed by atoms with Crippen LogP contribution in [0, 0.1) is 0 Å². The molecule has 8 nitrogen and oxygen atoms in total. The van der Waals surface area contributed by atoms with Crippen LogP contribution in [0.15, 0.2) is 35.7 Å². The Hall–Kier alpha value is -2.61. The Labute approximate surface area is 147 Å². The van der Waals surface area contributed by atoms with E-state index >= 15 is 0 Å². The van der Waals surface area contributed by atoms with Crippen molar-refractivity contribution in [2.45, 2.75) is 12.6 Å². The van der Waals surface area contributed by atoms with Crippen molar-refractivity contribution in [1.82, 2.24) is 25.0 Å². The second-order valence-electron chi connectivity index (χ2n) is 5.86. The van der Waals surface area contributed by atoms with Gasteiger partial charge in [0.2, 0.25) is 5.88 Å². The lowest BCUT2D eigenvalue weighted by Crippen LogP contribution is -2.47. The van der Waals surface area contributed by atoms with Gasteiger partial charge in [-0.1, -0.05) is 6.07 Å². The number of morpholine rings is 1. The first-order valence-corrected chi connectivity index (χ1v) is 8.24. The standard InChI is InChI=1S/C17H24N6O2/c1-18-17(20-9-13-4-5-16(24-3)19-8-13)23-6-7-25-15(12-23)14-10-21-22(2)11-14/h4-5,8,10-11,15H,6-7,9,12H2,1-3H3,(H,18,20). The molecule has 0 spiro atoms. The molecule has 3 rings (SSSR count). The highest BCUT2D eigenvalue weighted by atomic mass is 16.5. The van der Waals surface area contributed by atoms with Gasteiger partial charge in [-0.05, 0) is 5.56 Å². The molecule has 2 aromatic heterocycles. The molecule has 1 atom stereocenters. The summed E-state index contributed by atoms with van der Waals surface area (Å²) in [6, 6.07) is 3.84. The number of rotatable bonds is 4. The van der Waals surface area contributed by atoms with Gasteiger partial charge in [0.15, 0.2) is 5.96 Å². The van der Waals surface area contributed by atoms with Crippen LogP contribution in [-0.4, -0.2) is 59.5 Å². The summed E-state index contributed by atoms with van der Waals surface area (Å²) in [5, 5.41) is 7.62. The summed E-state index contributed by atoms with van der Waals surface area (Å²) in [5.74, 6) is 1.47. The summed E-state index contributed by atoms with van der Waals surface area (Å²) in [7, 11) is 5.32. The Morgan fingerprint density at radius 2 is 2.32 bits per heavy atom. The number of aromatic nitrogens is 3. The van der Waals surface area contributed by atoms with E-state index in [0.29, 0.717) is 19.0 Å². The number of guanidine groups is 1. The van der Waals surface area contributed by atoms with Crippen LogP contribution in [0.4, 0.5) is 0 Å². The van der Waals surface area contributed by atoms with Crippen molar-refractivity contribution in [2.24, 2.45) is 12.0 Å². The molecule has 3 heterocycles. The highest BCUT2D eigenvalue weighted by molar-refractivity contribution is 5.80. The first kappa shape index (κ1) is 17.2. The zero-order chi connectivity index (χ0) is 17.6. The number of nitrogens with one attached hydrogen (secondary N) is 1. The summed E-state index contributed by atoms with van der Waals surface area (Å²) >= 11 is 0. The molecule has 2 aromatic rings. The largest absolute Gasteiger partial charge is 0.481 e. The van der Waals surface area contributed by atoms with Gasteiger partial charge in [0.25, 0.3) is 0 Å². The first-order valence-electron chi connectivity index (χ1n) is 8.24. The summed E-state index contributed by atoms with van der Waals surface area (Å²) in [5.41, 5.74) is 2.15. The molecule has 0 aromatic carbocycles. The maximum absolute atomic E-state index is 5.89. The molecule has 1 aliphatic rings. The van der Waals surface area contributed by atoms with E-state index in [9.17, 15) is 0 Å². The third-order valence-electron chi connectivity index (χ3n) is 4.13. The minimum atomic E-state index is 0.00338. The van der Waals surface area contributed by atoms with Gasteiger partial charge in [-0.15, -0.1) is 0 Å². The van der Waals surface area contributed by atoms with E-state index in [-0.39, 0.29) is 6.10 Å². The molecule has 1 aliphatic heterocycles. The third kappa shape index (κ3) is 4.27. The molecule has 0 radical (unpaired) electrons. The van der Waals surface area contributed by atoms with Gasteiger partial charge in [-0.2, -0.15) is 5.10 Å². The number of hydrogen-bond acceptors (Lipinski definition) is 5.